The summed E-state index contributed by atoms with van der Waals surface area (Å²) in [6.07, 6.45) is 0. The van der Waals surface area contributed by atoms with Crippen molar-refractivity contribution in [2.24, 2.45) is 0 Å². The molecule has 10 rings (SSSR count). The van der Waals surface area contributed by atoms with E-state index in [-0.39, 0.29) is 0 Å². The van der Waals surface area contributed by atoms with Crippen LogP contribution in [-0.4, -0.2) is 0 Å². The number of fused-ring (bicyclic) bond motifs is 5. The first kappa shape index (κ1) is 30.0. The molecule has 0 radical (unpaired) electrons. The van der Waals surface area contributed by atoms with Crippen LogP contribution in [0.1, 0.15) is 0 Å². The van der Waals surface area contributed by atoms with Crippen molar-refractivity contribution in [3.63, 3.8) is 0 Å². The van der Waals surface area contributed by atoms with E-state index < -0.39 is 0 Å². The maximum atomic E-state index is 6.42. The third-order valence-corrected chi connectivity index (χ3v) is 10.2. The highest BCUT2D eigenvalue weighted by Gasteiger charge is 2.19. The van der Waals surface area contributed by atoms with Gasteiger partial charge in [0.15, 0.2) is 0 Å². The molecular formula is C50H33NO. The number of rotatable bonds is 6. The summed E-state index contributed by atoms with van der Waals surface area (Å²) in [5, 5.41) is 7.21. The van der Waals surface area contributed by atoms with Crippen molar-refractivity contribution in [1.82, 2.24) is 0 Å². The van der Waals surface area contributed by atoms with Gasteiger partial charge in [-0.2, -0.15) is 0 Å². The monoisotopic (exact) mass is 663 g/mol. The summed E-state index contributed by atoms with van der Waals surface area (Å²) in [4.78, 5) is 2.39. The Morgan fingerprint density at radius 2 is 0.904 bits per heavy atom. The number of benzene rings is 9. The molecule has 0 spiro atoms. The average Bonchev–Trinajstić information content (AvgIpc) is 3.60. The van der Waals surface area contributed by atoms with E-state index >= 15 is 0 Å². The molecule has 0 aliphatic rings. The Kier molecular flexibility index (Phi) is 7.18. The first-order valence-electron chi connectivity index (χ1n) is 17.8. The number of nitrogens with zero attached hydrogens (tertiary/aromatic N) is 1. The van der Waals surface area contributed by atoms with Crippen LogP contribution in [0.4, 0.5) is 17.1 Å². The van der Waals surface area contributed by atoms with Crippen LogP contribution >= 0.6 is 0 Å². The molecule has 0 amide bonds. The van der Waals surface area contributed by atoms with Crippen molar-refractivity contribution in [1.29, 1.82) is 0 Å². The Labute approximate surface area is 302 Å². The number of anilines is 3. The molecule has 9 aromatic carbocycles. The SMILES string of the molecule is c1cc(-c2ccc3ccccc3c2)cc(N(c2ccc(-c3cccc4c3oc3ccccc34)cc2)c2ccccc2-c2ccc3ccccc3c2)c1. The summed E-state index contributed by atoms with van der Waals surface area (Å²) in [5.41, 5.74) is 12.0. The zero-order valence-corrected chi connectivity index (χ0v) is 28.4. The molecule has 1 heterocycles. The van der Waals surface area contributed by atoms with Crippen LogP contribution in [-0.2, 0) is 0 Å². The zero-order chi connectivity index (χ0) is 34.4. The molecule has 0 fully saturated rings. The molecule has 0 saturated carbocycles. The van der Waals surface area contributed by atoms with Gasteiger partial charge in [-0.15, -0.1) is 0 Å². The summed E-state index contributed by atoms with van der Waals surface area (Å²) in [6, 6.07) is 71.8. The second-order valence-electron chi connectivity index (χ2n) is 13.4. The lowest BCUT2D eigenvalue weighted by molar-refractivity contribution is 0.670. The maximum absolute atomic E-state index is 6.42. The van der Waals surface area contributed by atoms with Gasteiger partial charge in [0.25, 0.3) is 0 Å². The molecule has 2 nitrogen and oxygen atoms in total. The molecular weight excluding hydrogens is 631 g/mol. The molecule has 52 heavy (non-hydrogen) atoms. The van der Waals surface area contributed by atoms with E-state index in [1.807, 2.05) is 12.1 Å². The lowest BCUT2D eigenvalue weighted by atomic mass is 9.97. The van der Waals surface area contributed by atoms with Gasteiger partial charge in [0.05, 0.1) is 5.69 Å². The molecule has 0 saturated heterocycles. The lowest BCUT2D eigenvalue weighted by Crippen LogP contribution is -2.11. The van der Waals surface area contributed by atoms with Gasteiger partial charge in [-0.25, -0.2) is 0 Å². The lowest BCUT2D eigenvalue weighted by Gasteiger charge is -2.28. The first-order valence-corrected chi connectivity index (χ1v) is 17.8. The minimum atomic E-state index is 0.907. The average molecular weight is 664 g/mol. The molecule has 10 aromatic rings. The number of para-hydroxylation sites is 3. The Balaban J connectivity index is 1.13. The highest BCUT2D eigenvalue weighted by atomic mass is 16.3. The van der Waals surface area contributed by atoms with E-state index in [1.165, 1.54) is 43.8 Å². The Morgan fingerprint density at radius 1 is 0.327 bits per heavy atom. The largest absolute Gasteiger partial charge is 0.455 e. The molecule has 0 aliphatic heterocycles. The van der Waals surface area contributed by atoms with Gasteiger partial charge >= 0.3 is 0 Å². The van der Waals surface area contributed by atoms with E-state index in [2.05, 4.69) is 193 Å². The first-order chi connectivity index (χ1) is 25.8. The Hall–Kier alpha value is -6.90. The maximum Gasteiger partial charge on any atom is 0.143 e. The van der Waals surface area contributed by atoms with Crippen molar-refractivity contribution in [2.45, 2.75) is 0 Å². The fourth-order valence-electron chi connectivity index (χ4n) is 7.65. The van der Waals surface area contributed by atoms with Crippen LogP contribution in [0.15, 0.2) is 205 Å². The second-order valence-corrected chi connectivity index (χ2v) is 13.4. The zero-order valence-electron chi connectivity index (χ0n) is 28.4. The topological polar surface area (TPSA) is 16.4 Å². The van der Waals surface area contributed by atoms with Gasteiger partial charge in [-0.3, -0.25) is 0 Å². The highest BCUT2D eigenvalue weighted by molar-refractivity contribution is 6.09. The van der Waals surface area contributed by atoms with E-state index in [4.69, 9.17) is 4.42 Å². The van der Waals surface area contributed by atoms with Gasteiger partial charge < -0.3 is 9.32 Å². The third kappa shape index (κ3) is 5.21. The van der Waals surface area contributed by atoms with Gasteiger partial charge in [0.1, 0.15) is 11.2 Å². The van der Waals surface area contributed by atoms with Crippen molar-refractivity contribution < 1.29 is 4.42 Å². The van der Waals surface area contributed by atoms with Crippen molar-refractivity contribution >= 4 is 60.5 Å². The fraction of sp³-hybridized carbons (Fsp3) is 0. The predicted molar refractivity (Wildman–Crippen MR) is 220 cm³/mol. The van der Waals surface area contributed by atoms with Crippen molar-refractivity contribution in [3.8, 4) is 33.4 Å². The van der Waals surface area contributed by atoms with Crippen LogP contribution in [0.2, 0.25) is 0 Å². The van der Waals surface area contributed by atoms with Crippen LogP contribution in [0.25, 0.3) is 76.9 Å². The molecule has 0 unspecified atom stereocenters. The second kappa shape index (κ2) is 12.5. The smallest absolute Gasteiger partial charge is 0.143 e. The van der Waals surface area contributed by atoms with Crippen LogP contribution in [0.3, 0.4) is 0 Å². The van der Waals surface area contributed by atoms with Gasteiger partial charge in [-0.05, 0) is 92.3 Å². The molecule has 0 atom stereocenters. The standard InChI is InChI=1S/C50H33NO/c1-3-13-37-31-40(25-23-34(37)11-1)39-15-9-16-43(33-39)51(48-21-7-5-17-44(48)41-26-24-35-12-2-4-14-38(35)32-41)42-29-27-36(28-30-42)45-19-10-20-47-46-18-6-8-22-49(46)52-50(45)47/h1-33H. The molecule has 0 N–H and O–H groups in total. The minimum Gasteiger partial charge on any atom is -0.455 e. The van der Waals surface area contributed by atoms with Crippen molar-refractivity contribution in [3.05, 3.63) is 200 Å². The van der Waals surface area contributed by atoms with Crippen LogP contribution < -0.4 is 4.90 Å². The Bertz CT molecular complexity index is 2920. The molecule has 0 aliphatic carbocycles. The fourth-order valence-corrected chi connectivity index (χ4v) is 7.65. The summed E-state index contributed by atoms with van der Waals surface area (Å²) in [7, 11) is 0. The summed E-state index contributed by atoms with van der Waals surface area (Å²) >= 11 is 0. The quantitative estimate of drug-likeness (QED) is 0.176. The Morgan fingerprint density at radius 3 is 1.71 bits per heavy atom. The van der Waals surface area contributed by atoms with Gasteiger partial charge in [0.2, 0.25) is 0 Å². The number of hydrogen-bond acceptors (Lipinski definition) is 2. The van der Waals surface area contributed by atoms with E-state index in [1.54, 1.807) is 0 Å². The number of hydrogen-bond donors (Lipinski definition) is 0. The highest BCUT2D eigenvalue weighted by Crippen LogP contribution is 2.43. The van der Waals surface area contributed by atoms with E-state index in [0.29, 0.717) is 0 Å². The van der Waals surface area contributed by atoms with Crippen molar-refractivity contribution in [2.75, 3.05) is 4.90 Å². The number of furan rings is 1. The molecule has 1 aromatic heterocycles. The third-order valence-electron chi connectivity index (χ3n) is 10.2. The molecule has 244 valence electrons. The molecule has 2 heteroatoms. The van der Waals surface area contributed by atoms with Gasteiger partial charge in [-0.1, -0.05) is 152 Å². The summed E-state index contributed by atoms with van der Waals surface area (Å²) in [5.74, 6) is 0. The predicted octanol–water partition coefficient (Wildman–Crippen LogP) is 14.4. The molecule has 0 bridgehead atoms. The van der Waals surface area contributed by atoms with Gasteiger partial charge in [0, 0.05) is 33.3 Å². The normalized spacial score (nSPS) is 11.5. The summed E-state index contributed by atoms with van der Waals surface area (Å²) in [6.45, 7) is 0. The van der Waals surface area contributed by atoms with E-state index in [9.17, 15) is 0 Å². The van der Waals surface area contributed by atoms with Crippen LogP contribution in [0.5, 0.6) is 0 Å². The van der Waals surface area contributed by atoms with E-state index in [0.717, 1.165) is 50.1 Å². The van der Waals surface area contributed by atoms with Crippen LogP contribution in [0, 0.1) is 0 Å². The summed E-state index contributed by atoms with van der Waals surface area (Å²) < 4.78 is 6.42. The minimum absolute atomic E-state index is 0.907.